The summed E-state index contributed by atoms with van der Waals surface area (Å²) in [6.45, 7) is 2.52. The summed E-state index contributed by atoms with van der Waals surface area (Å²) in [6, 6.07) is 13.6. The first-order valence-electron chi connectivity index (χ1n) is 8.19. The van der Waals surface area contributed by atoms with E-state index >= 15 is 0 Å². The van der Waals surface area contributed by atoms with Crippen LogP contribution in [0.4, 0.5) is 0 Å². The van der Waals surface area contributed by atoms with Crippen LogP contribution >= 0.6 is 11.8 Å². The van der Waals surface area contributed by atoms with Crippen LogP contribution in [0, 0.1) is 0 Å². The molecule has 6 heteroatoms. The Morgan fingerprint density at radius 3 is 2.88 bits per heavy atom. The second-order valence-electron chi connectivity index (χ2n) is 5.77. The molecule has 3 aromatic rings. The number of nitrogens with zero attached hydrogens (tertiary/aromatic N) is 2. The van der Waals surface area contributed by atoms with Crippen LogP contribution in [0.15, 0.2) is 47.6 Å². The number of fused-ring (bicyclic) bond motifs is 3. The topological polar surface area (TPSA) is 53.4 Å². The number of hydrogen-bond donors (Lipinski definition) is 0. The normalized spacial score (nSPS) is 16.7. The average Bonchev–Trinajstić information content (AvgIpc) is 3.01. The Kier molecular flexibility index (Phi) is 4.13. The third-order valence-corrected chi connectivity index (χ3v) is 5.45. The Bertz CT molecular complexity index is 951. The highest BCUT2D eigenvalue weighted by Crippen LogP contribution is 2.44. The van der Waals surface area contributed by atoms with Crippen molar-refractivity contribution in [2.75, 3.05) is 13.7 Å². The van der Waals surface area contributed by atoms with E-state index < -0.39 is 0 Å². The summed E-state index contributed by atoms with van der Waals surface area (Å²) in [5.41, 5.74) is 2.76. The van der Waals surface area contributed by atoms with Crippen LogP contribution in [-0.2, 0) is 0 Å². The van der Waals surface area contributed by atoms with Crippen LogP contribution in [0.2, 0.25) is 0 Å². The zero-order valence-corrected chi connectivity index (χ0v) is 14.9. The second-order valence-corrected chi connectivity index (χ2v) is 6.94. The van der Waals surface area contributed by atoms with Crippen molar-refractivity contribution in [1.29, 1.82) is 0 Å². The number of methoxy groups -OCH3 is 1. The standard InChI is InChI=1S/C19H18N2O3S/c1-3-24-15-9-8-12(10-16(15)23-2)17-11-18(22)21-14-7-5-4-6-13(14)20-19(21)25-17/h4-10,17H,3,11H2,1-2H3. The molecule has 2 aromatic carbocycles. The molecule has 0 saturated carbocycles. The van der Waals surface area contributed by atoms with Gasteiger partial charge in [-0.05, 0) is 36.8 Å². The minimum atomic E-state index is 0.0152. The van der Waals surface area contributed by atoms with Gasteiger partial charge in [0.15, 0.2) is 16.7 Å². The zero-order valence-electron chi connectivity index (χ0n) is 14.1. The van der Waals surface area contributed by atoms with Crippen LogP contribution in [0.5, 0.6) is 11.5 Å². The van der Waals surface area contributed by atoms with Crippen LogP contribution < -0.4 is 9.47 Å². The van der Waals surface area contributed by atoms with E-state index in [0.717, 1.165) is 21.8 Å². The van der Waals surface area contributed by atoms with E-state index in [-0.39, 0.29) is 11.2 Å². The maximum Gasteiger partial charge on any atom is 0.234 e. The third-order valence-electron chi connectivity index (χ3n) is 4.25. The Hall–Kier alpha value is -2.47. The number of ether oxygens (including phenoxy) is 2. The highest BCUT2D eigenvalue weighted by molar-refractivity contribution is 7.99. The molecule has 4 rings (SSSR count). The minimum absolute atomic E-state index is 0.0152. The molecule has 0 radical (unpaired) electrons. The van der Waals surface area contributed by atoms with Gasteiger partial charge in [0.1, 0.15) is 0 Å². The summed E-state index contributed by atoms with van der Waals surface area (Å²) < 4.78 is 12.7. The highest BCUT2D eigenvalue weighted by Gasteiger charge is 2.30. The lowest BCUT2D eigenvalue weighted by Gasteiger charge is -2.23. The molecule has 0 bridgehead atoms. The summed E-state index contributed by atoms with van der Waals surface area (Å²) in [5.74, 6) is 1.47. The third kappa shape index (κ3) is 2.76. The lowest BCUT2D eigenvalue weighted by atomic mass is 10.1. The summed E-state index contributed by atoms with van der Waals surface area (Å²) in [7, 11) is 1.63. The van der Waals surface area contributed by atoms with Gasteiger partial charge >= 0.3 is 0 Å². The van der Waals surface area contributed by atoms with Gasteiger partial charge in [0.25, 0.3) is 0 Å². The summed E-state index contributed by atoms with van der Waals surface area (Å²) in [4.78, 5) is 17.3. The molecular weight excluding hydrogens is 336 g/mol. The molecule has 1 unspecified atom stereocenters. The fourth-order valence-electron chi connectivity index (χ4n) is 3.09. The van der Waals surface area contributed by atoms with Crippen molar-refractivity contribution in [3.05, 3.63) is 48.0 Å². The van der Waals surface area contributed by atoms with E-state index in [2.05, 4.69) is 4.98 Å². The van der Waals surface area contributed by atoms with Crippen molar-refractivity contribution in [1.82, 2.24) is 9.55 Å². The Labute approximate surface area is 150 Å². The van der Waals surface area contributed by atoms with Gasteiger partial charge in [-0.3, -0.25) is 9.36 Å². The SMILES string of the molecule is CCOc1ccc(C2CC(=O)n3c(nc4ccccc43)S2)cc1OC. The summed E-state index contributed by atoms with van der Waals surface area (Å²) >= 11 is 1.61. The molecule has 0 fully saturated rings. The van der Waals surface area contributed by atoms with E-state index in [1.807, 2.05) is 49.4 Å². The van der Waals surface area contributed by atoms with Gasteiger partial charge < -0.3 is 9.47 Å². The van der Waals surface area contributed by atoms with Crippen molar-refractivity contribution in [3.8, 4) is 11.5 Å². The lowest BCUT2D eigenvalue weighted by Crippen LogP contribution is -2.19. The van der Waals surface area contributed by atoms with Crippen molar-refractivity contribution in [2.45, 2.75) is 23.8 Å². The molecule has 0 amide bonds. The van der Waals surface area contributed by atoms with Gasteiger partial charge in [-0.2, -0.15) is 0 Å². The molecule has 1 aliphatic heterocycles. The van der Waals surface area contributed by atoms with Gasteiger partial charge in [0, 0.05) is 11.7 Å². The van der Waals surface area contributed by atoms with Crippen LogP contribution in [0.25, 0.3) is 11.0 Å². The number of imidazole rings is 1. The van der Waals surface area contributed by atoms with E-state index in [1.165, 1.54) is 0 Å². The molecule has 0 aliphatic carbocycles. The number of aromatic nitrogens is 2. The molecule has 0 N–H and O–H groups in total. The number of rotatable bonds is 4. The van der Waals surface area contributed by atoms with E-state index in [1.54, 1.807) is 23.4 Å². The summed E-state index contributed by atoms with van der Waals surface area (Å²) in [6.07, 6.45) is 0.426. The predicted octanol–water partition coefficient (Wildman–Crippen LogP) is 4.32. The Morgan fingerprint density at radius 2 is 2.08 bits per heavy atom. The second kappa shape index (κ2) is 6.44. The number of benzene rings is 2. The maximum absolute atomic E-state index is 12.7. The largest absolute Gasteiger partial charge is 0.493 e. The summed E-state index contributed by atoms with van der Waals surface area (Å²) in [5, 5.41) is 0.761. The number of thioether (sulfide) groups is 1. The molecular formula is C19H18N2O3S. The Balaban J connectivity index is 1.70. The smallest absolute Gasteiger partial charge is 0.234 e. The molecule has 1 aromatic heterocycles. The number of carbonyl (C=O) groups is 1. The molecule has 2 heterocycles. The quantitative estimate of drug-likeness (QED) is 0.698. The maximum atomic E-state index is 12.7. The van der Waals surface area contributed by atoms with Crippen molar-refractivity contribution in [2.24, 2.45) is 0 Å². The fourth-order valence-corrected chi connectivity index (χ4v) is 4.31. The molecule has 128 valence electrons. The minimum Gasteiger partial charge on any atom is -0.493 e. The number of hydrogen-bond acceptors (Lipinski definition) is 5. The first-order valence-corrected chi connectivity index (χ1v) is 9.07. The van der Waals surface area contributed by atoms with Crippen molar-refractivity contribution in [3.63, 3.8) is 0 Å². The van der Waals surface area contributed by atoms with E-state index in [9.17, 15) is 4.79 Å². The first-order chi connectivity index (χ1) is 12.2. The first kappa shape index (κ1) is 16.0. The van der Waals surface area contributed by atoms with Crippen LogP contribution in [-0.4, -0.2) is 29.2 Å². The van der Waals surface area contributed by atoms with Gasteiger partial charge in [0.2, 0.25) is 5.91 Å². The average molecular weight is 354 g/mol. The van der Waals surface area contributed by atoms with E-state index in [0.29, 0.717) is 24.5 Å². The lowest BCUT2D eigenvalue weighted by molar-refractivity contribution is 0.0891. The van der Waals surface area contributed by atoms with Crippen LogP contribution in [0.1, 0.15) is 29.0 Å². The fraction of sp³-hybridized carbons (Fsp3) is 0.263. The monoisotopic (exact) mass is 354 g/mol. The highest BCUT2D eigenvalue weighted by atomic mass is 32.2. The van der Waals surface area contributed by atoms with Gasteiger partial charge in [0.05, 0.1) is 24.8 Å². The van der Waals surface area contributed by atoms with Gasteiger partial charge in [-0.1, -0.05) is 30.0 Å². The van der Waals surface area contributed by atoms with Crippen molar-refractivity contribution < 1.29 is 14.3 Å². The predicted molar refractivity (Wildman–Crippen MR) is 97.7 cm³/mol. The van der Waals surface area contributed by atoms with Gasteiger partial charge in [-0.15, -0.1) is 0 Å². The molecule has 0 spiro atoms. The Morgan fingerprint density at radius 1 is 1.24 bits per heavy atom. The van der Waals surface area contributed by atoms with Crippen LogP contribution in [0.3, 0.4) is 0 Å². The molecule has 0 saturated heterocycles. The number of para-hydroxylation sites is 2. The number of carbonyl (C=O) groups excluding carboxylic acids is 1. The molecule has 25 heavy (non-hydrogen) atoms. The van der Waals surface area contributed by atoms with Gasteiger partial charge in [-0.25, -0.2) is 4.98 Å². The van der Waals surface area contributed by atoms with E-state index in [4.69, 9.17) is 9.47 Å². The zero-order chi connectivity index (χ0) is 17.4. The molecule has 1 atom stereocenters. The molecule has 5 nitrogen and oxygen atoms in total. The van der Waals surface area contributed by atoms with Crippen molar-refractivity contribution >= 4 is 28.7 Å². The molecule has 1 aliphatic rings.